The van der Waals surface area contributed by atoms with Gasteiger partial charge in [-0.2, -0.15) is 0 Å². The number of hydrogen-bond acceptors (Lipinski definition) is 3. The first-order chi connectivity index (χ1) is 11.7. The maximum Gasteiger partial charge on any atom is 0.261 e. The van der Waals surface area contributed by atoms with Gasteiger partial charge in [0.25, 0.3) is 5.91 Å². The number of carbonyl (C=O) groups excluding carboxylic acids is 2. The quantitative estimate of drug-likeness (QED) is 0.812. The molecule has 0 bridgehead atoms. The van der Waals surface area contributed by atoms with E-state index in [1.807, 2.05) is 17.5 Å². The fraction of sp³-hybridized carbons (Fsp3) is 0.368. The Balaban J connectivity index is 1.43. The van der Waals surface area contributed by atoms with E-state index in [4.69, 9.17) is 0 Å². The van der Waals surface area contributed by atoms with Crippen LogP contribution in [0.1, 0.15) is 40.9 Å². The van der Waals surface area contributed by atoms with Crippen LogP contribution >= 0.6 is 11.3 Å². The Bertz CT molecular complexity index is 679. The Morgan fingerprint density at radius 3 is 2.46 bits per heavy atom. The maximum absolute atomic E-state index is 12.1. The molecule has 2 N–H and O–H groups in total. The molecule has 0 atom stereocenters. The number of carbonyl (C=O) groups is 2. The van der Waals surface area contributed by atoms with Gasteiger partial charge in [-0.3, -0.25) is 9.59 Å². The van der Waals surface area contributed by atoms with Crippen molar-refractivity contribution in [2.45, 2.75) is 31.1 Å². The largest absolute Gasteiger partial charge is 0.355 e. The van der Waals surface area contributed by atoms with Gasteiger partial charge in [-0.25, -0.2) is 0 Å². The third-order valence-electron chi connectivity index (χ3n) is 4.70. The molecule has 0 aliphatic heterocycles. The molecule has 1 fully saturated rings. The third kappa shape index (κ3) is 3.85. The number of amides is 2. The molecule has 3 rings (SSSR count). The first-order valence-electron chi connectivity index (χ1n) is 8.34. The minimum Gasteiger partial charge on any atom is -0.355 e. The zero-order chi connectivity index (χ0) is 16.8. The van der Waals surface area contributed by atoms with E-state index >= 15 is 0 Å². The minimum absolute atomic E-state index is 0.0105. The molecule has 1 aliphatic rings. The summed E-state index contributed by atoms with van der Waals surface area (Å²) in [6.07, 6.45) is 3.75. The highest BCUT2D eigenvalue weighted by molar-refractivity contribution is 7.12. The highest BCUT2D eigenvalue weighted by Gasteiger charge is 2.38. The molecule has 1 saturated carbocycles. The van der Waals surface area contributed by atoms with Crippen molar-refractivity contribution in [2.75, 3.05) is 13.1 Å². The molecule has 126 valence electrons. The van der Waals surface area contributed by atoms with Crippen molar-refractivity contribution in [3.8, 4) is 0 Å². The topological polar surface area (TPSA) is 58.2 Å². The van der Waals surface area contributed by atoms with Gasteiger partial charge in [-0.1, -0.05) is 42.8 Å². The van der Waals surface area contributed by atoms with Gasteiger partial charge < -0.3 is 10.6 Å². The molecular weight excluding hydrogens is 320 g/mol. The van der Waals surface area contributed by atoms with E-state index in [2.05, 4.69) is 34.9 Å². The Labute approximate surface area is 146 Å². The van der Waals surface area contributed by atoms with Crippen LogP contribution in [-0.4, -0.2) is 24.9 Å². The molecule has 2 amide bonds. The second-order valence-electron chi connectivity index (χ2n) is 6.26. The lowest BCUT2D eigenvalue weighted by atomic mass is 9.64. The van der Waals surface area contributed by atoms with E-state index in [0.717, 1.165) is 12.8 Å². The fourth-order valence-corrected chi connectivity index (χ4v) is 3.74. The van der Waals surface area contributed by atoms with Crippen LogP contribution < -0.4 is 10.6 Å². The maximum atomic E-state index is 12.1. The van der Waals surface area contributed by atoms with Gasteiger partial charge in [0, 0.05) is 24.9 Å². The first kappa shape index (κ1) is 16.7. The summed E-state index contributed by atoms with van der Waals surface area (Å²) in [6, 6.07) is 14.0. The zero-order valence-corrected chi connectivity index (χ0v) is 14.4. The van der Waals surface area contributed by atoms with E-state index in [1.165, 1.54) is 23.3 Å². The monoisotopic (exact) mass is 342 g/mol. The van der Waals surface area contributed by atoms with E-state index in [9.17, 15) is 9.59 Å². The molecule has 0 saturated heterocycles. The van der Waals surface area contributed by atoms with Crippen molar-refractivity contribution in [1.29, 1.82) is 0 Å². The van der Waals surface area contributed by atoms with Gasteiger partial charge in [0.1, 0.15) is 0 Å². The molecule has 1 aromatic carbocycles. The number of benzene rings is 1. The lowest BCUT2D eigenvalue weighted by Gasteiger charge is -2.42. The second-order valence-corrected chi connectivity index (χ2v) is 7.21. The van der Waals surface area contributed by atoms with Gasteiger partial charge in [-0.05, 0) is 29.9 Å². The summed E-state index contributed by atoms with van der Waals surface area (Å²) >= 11 is 1.40. The van der Waals surface area contributed by atoms with Crippen LogP contribution in [0.15, 0.2) is 47.8 Å². The predicted molar refractivity (Wildman–Crippen MR) is 96.2 cm³/mol. The van der Waals surface area contributed by atoms with Crippen LogP contribution in [0, 0.1) is 0 Å². The normalized spacial score (nSPS) is 15.3. The molecule has 4 nitrogen and oxygen atoms in total. The summed E-state index contributed by atoms with van der Waals surface area (Å²) in [7, 11) is 0. The minimum atomic E-state index is -0.113. The number of rotatable bonds is 7. The molecule has 5 heteroatoms. The summed E-state index contributed by atoms with van der Waals surface area (Å²) in [5, 5.41) is 7.69. The van der Waals surface area contributed by atoms with Crippen LogP contribution in [0.5, 0.6) is 0 Å². The van der Waals surface area contributed by atoms with Crippen molar-refractivity contribution in [2.24, 2.45) is 0 Å². The molecule has 2 aromatic rings. The number of nitrogens with one attached hydrogen (secondary N) is 2. The van der Waals surface area contributed by atoms with E-state index in [0.29, 0.717) is 24.4 Å². The Morgan fingerprint density at radius 2 is 1.83 bits per heavy atom. The molecule has 1 heterocycles. The predicted octanol–water partition coefficient (Wildman–Crippen LogP) is 3.11. The van der Waals surface area contributed by atoms with Crippen LogP contribution in [0.4, 0.5) is 0 Å². The average Bonchev–Trinajstić information content (AvgIpc) is 3.09. The van der Waals surface area contributed by atoms with Gasteiger partial charge in [0.15, 0.2) is 0 Å². The van der Waals surface area contributed by atoms with Crippen molar-refractivity contribution in [3.63, 3.8) is 0 Å². The molecule has 1 aliphatic carbocycles. The van der Waals surface area contributed by atoms with Crippen molar-refractivity contribution in [1.82, 2.24) is 10.6 Å². The standard InChI is InChI=1S/C19H22N2O2S/c22-17(9-12-20-18(23)16-8-4-13-24-16)21-14-19(10-5-11-19)15-6-2-1-3-7-15/h1-4,6-8,13H,5,9-12,14H2,(H,20,23)(H,21,22). The Morgan fingerprint density at radius 1 is 1.04 bits per heavy atom. The van der Waals surface area contributed by atoms with Crippen molar-refractivity contribution < 1.29 is 9.59 Å². The Hall–Kier alpha value is -2.14. The Kier molecular flexibility index (Phi) is 5.30. The lowest BCUT2D eigenvalue weighted by molar-refractivity contribution is -0.121. The molecule has 0 radical (unpaired) electrons. The zero-order valence-electron chi connectivity index (χ0n) is 13.6. The molecular formula is C19H22N2O2S. The third-order valence-corrected chi connectivity index (χ3v) is 5.57. The van der Waals surface area contributed by atoms with Crippen LogP contribution in [-0.2, 0) is 10.2 Å². The number of thiophene rings is 1. The van der Waals surface area contributed by atoms with Gasteiger partial charge in [-0.15, -0.1) is 11.3 Å². The van der Waals surface area contributed by atoms with Crippen molar-refractivity contribution in [3.05, 3.63) is 58.3 Å². The van der Waals surface area contributed by atoms with Crippen LogP contribution in [0.25, 0.3) is 0 Å². The summed E-state index contributed by atoms with van der Waals surface area (Å²) < 4.78 is 0. The lowest BCUT2D eigenvalue weighted by Crippen LogP contribution is -2.46. The summed E-state index contributed by atoms with van der Waals surface area (Å²) in [6.45, 7) is 1.04. The molecule has 0 unspecified atom stereocenters. The summed E-state index contributed by atoms with van der Waals surface area (Å²) in [5.41, 5.74) is 1.40. The highest BCUT2D eigenvalue weighted by atomic mass is 32.1. The molecule has 1 aromatic heterocycles. The summed E-state index contributed by atoms with van der Waals surface area (Å²) in [4.78, 5) is 24.6. The van der Waals surface area contributed by atoms with Crippen molar-refractivity contribution >= 4 is 23.2 Å². The van der Waals surface area contributed by atoms with Gasteiger partial charge in [0.05, 0.1) is 4.88 Å². The summed E-state index contributed by atoms with van der Waals surface area (Å²) in [5.74, 6) is -0.124. The van der Waals surface area contributed by atoms with Gasteiger partial charge in [0.2, 0.25) is 5.91 Å². The second kappa shape index (κ2) is 7.62. The molecule has 0 spiro atoms. The van der Waals surface area contributed by atoms with E-state index < -0.39 is 0 Å². The van der Waals surface area contributed by atoms with Crippen LogP contribution in [0.3, 0.4) is 0 Å². The van der Waals surface area contributed by atoms with Crippen LogP contribution in [0.2, 0.25) is 0 Å². The highest BCUT2D eigenvalue weighted by Crippen LogP contribution is 2.43. The number of hydrogen-bond donors (Lipinski definition) is 2. The first-order valence-corrected chi connectivity index (χ1v) is 9.22. The van der Waals surface area contributed by atoms with E-state index in [-0.39, 0.29) is 17.2 Å². The molecule has 24 heavy (non-hydrogen) atoms. The average molecular weight is 342 g/mol. The fourth-order valence-electron chi connectivity index (χ4n) is 3.10. The van der Waals surface area contributed by atoms with E-state index in [1.54, 1.807) is 6.07 Å². The smallest absolute Gasteiger partial charge is 0.261 e. The van der Waals surface area contributed by atoms with Gasteiger partial charge >= 0.3 is 0 Å². The SMILES string of the molecule is O=C(CCNC(=O)c1cccs1)NCC1(c2ccccc2)CCC1.